The second-order valence-electron chi connectivity index (χ2n) is 7.06. The van der Waals surface area contributed by atoms with Crippen LogP contribution in [0.25, 0.3) is 0 Å². The molecular formula is C20H40NNaO3S. The SMILES string of the molecule is CCCCCCCCCCCCCCCCCC(=O)NCCS(=O)[O-].[Na+]. The monoisotopic (exact) mass is 397 g/mol. The van der Waals surface area contributed by atoms with E-state index in [1.54, 1.807) is 0 Å². The van der Waals surface area contributed by atoms with Crippen LogP contribution in [0.2, 0.25) is 0 Å². The predicted molar refractivity (Wildman–Crippen MR) is 106 cm³/mol. The van der Waals surface area contributed by atoms with Gasteiger partial charge in [0.1, 0.15) is 0 Å². The number of hydrogen-bond acceptors (Lipinski definition) is 3. The predicted octanol–water partition coefficient (Wildman–Crippen LogP) is 2.25. The first-order valence-electron chi connectivity index (χ1n) is 10.5. The van der Waals surface area contributed by atoms with Gasteiger partial charge in [0.25, 0.3) is 0 Å². The van der Waals surface area contributed by atoms with Gasteiger partial charge in [-0.25, -0.2) is 0 Å². The Morgan fingerprint density at radius 3 is 1.54 bits per heavy atom. The fourth-order valence-electron chi connectivity index (χ4n) is 3.02. The molecule has 0 aromatic rings. The molecule has 0 aliphatic heterocycles. The maximum Gasteiger partial charge on any atom is 1.00 e. The molecular weight excluding hydrogens is 357 g/mol. The molecule has 26 heavy (non-hydrogen) atoms. The second-order valence-corrected chi connectivity index (χ2v) is 8.07. The van der Waals surface area contributed by atoms with Gasteiger partial charge in [0.05, 0.1) is 0 Å². The summed E-state index contributed by atoms with van der Waals surface area (Å²) in [6.45, 7) is 2.49. The number of hydrogen-bond donors (Lipinski definition) is 1. The fourth-order valence-corrected chi connectivity index (χ4v) is 3.29. The van der Waals surface area contributed by atoms with Crippen molar-refractivity contribution in [2.75, 3.05) is 12.3 Å². The van der Waals surface area contributed by atoms with E-state index in [1.165, 1.54) is 83.5 Å². The largest absolute Gasteiger partial charge is 1.00 e. The van der Waals surface area contributed by atoms with E-state index in [4.69, 9.17) is 0 Å². The van der Waals surface area contributed by atoms with Gasteiger partial charge in [-0.05, 0) is 6.42 Å². The van der Waals surface area contributed by atoms with Gasteiger partial charge in [-0.2, -0.15) is 0 Å². The standard InChI is InChI=1S/C20H41NO3S.Na/c1-2-3-4-5-6-7-8-9-10-11-12-13-14-15-16-17-20(22)21-18-19-25(23)24;/h2-19H2,1H3,(H,21,22)(H,23,24);/q;+1/p-1. The topological polar surface area (TPSA) is 69.2 Å². The van der Waals surface area contributed by atoms with E-state index in [9.17, 15) is 13.6 Å². The van der Waals surface area contributed by atoms with E-state index in [0.29, 0.717) is 6.42 Å². The molecule has 1 atom stereocenters. The first-order chi connectivity index (χ1) is 12.2. The zero-order chi connectivity index (χ0) is 18.6. The van der Waals surface area contributed by atoms with Crippen molar-refractivity contribution in [3.8, 4) is 0 Å². The average Bonchev–Trinajstić information content (AvgIpc) is 2.58. The number of carbonyl (C=O) groups excluding carboxylic acids is 1. The normalized spacial score (nSPS) is 11.8. The molecule has 0 fully saturated rings. The van der Waals surface area contributed by atoms with E-state index < -0.39 is 11.1 Å². The summed E-state index contributed by atoms with van der Waals surface area (Å²) in [6, 6.07) is 0. The van der Waals surface area contributed by atoms with E-state index >= 15 is 0 Å². The van der Waals surface area contributed by atoms with Gasteiger partial charge in [-0.1, -0.05) is 108 Å². The van der Waals surface area contributed by atoms with Gasteiger partial charge in [0.15, 0.2) is 0 Å². The average molecular weight is 398 g/mol. The van der Waals surface area contributed by atoms with E-state index in [1.807, 2.05) is 0 Å². The summed E-state index contributed by atoms with van der Waals surface area (Å²) in [4.78, 5) is 11.4. The molecule has 0 aromatic carbocycles. The summed E-state index contributed by atoms with van der Waals surface area (Å²) in [5.74, 6) is -0.0231. The van der Waals surface area contributed by atoms with Crippen LogP contribution in [0.5, 0.6) is 0 Å². The minimum Gasteiger partial charge on any atom is -0.772 e. The molecule has 0 saturated carbocycles. The molecule has 1 unspecified atom stereocenters. The third-order valence-electron chi connectivity index (χ3n) is 4.60. The van der Waals surface area contributed by atoms with Crippen molar-refractivity contribution in [1.82, 2.24) is 5.32 Å². The van der Waals surface area contributed by atoms with E-state index in [2.05, 4.69) is 12.2 Å². The number of carbonyl (C=O) groups is 1. The maximum atomic E-state index is 11.4. The van der Waals surface area contributed by atoms with Gasteiger partial charge in [-0.3, -0.25) is 9.00 Å². The summed E-state index contributed by atoms with van der Waals surface area (Å²) < 4.78 is 20.7. The van der Waals surface area contributed by atoms with E-state index in [-0.39, 0.29) is 47.8 Å². The maximum absolute atomic E-state index is 11.4. The van der Waals surface area contributed by atoms with Crippen molar-refractivity contribution in [2.45, 2.75) is 110 Å². The number of rotatable bonds is 19. The molecule has 6 heteroatoms. The number of unbranched alkanes of at least 4 members (excludes halogenated alkanes) is 14. The Bertz CT molecular complexity index is 330. The summed E-state index contributed by atoms with van der Waals surface area (Å²) in [7, 11) is 0. The van der Waals surface area contributed by atoms with Gasteiger partial charge >= 0.3 is 29.6 Å². The van der Waals surface area contributed by atoms with Crippen LogP contribution in [0.15, 0.2) is 0 Å². The third-order valence-corrected chi connectivity index (χ3v) is 5.14. The third kappa shape index (κ3) is 24.6. The molecule has 0 heterocycles. The van der Waals surface area contributed by atoms with Crippen molar-refractivity contribution in [1.29, 1.82) is 0 Å². The van der Waals surface area contributed by atoms with Crippen LogP contribution in [0, 0.1) is 0 Å². The first-order valence-corrected chi connectivity index (χ1v) is 11.7. The Hall–Kier alpha value is 0.580. The second kappa shape index (κ2) is 23.6. The fraction of sp³-hybridized carbons (Fsp3) is 0.950. The van der Waals surface area contributed by atoms with Gasteiger partial charge in [0.2, 0.25) is 5.91 Å². The zero-order valence-electron chi connectivity index (χ0n) is 17.4. The van der Waals surface area contributed by atoms with Gasteiger partial charge in [-0.15, -0.1) is 0 Å². The van der Waals surface area contributed by atoms with Crippen LogP contribution in [0.4, 0.5) is 0 Å². The van der Waals surface area contributed by atoms with Crippen LogP contribution in [-0.2, 0) is 15.9 Å². The van der Waals surface area contributed by atoms with Crippen LogP contribution in [0.1, 0.15) is 110 Å². The van der Waals surface area contributed by atoms with Crippen LogP contribution in [0.3, 0.4) is 0 Å². The van der Waals surface area contributed by atoms with Gasteiger partial charge in [0, 0.05) is 18.7 Å². The Morgan fingerprint density at radius 1 is 0.769 bits per heavy atom. The van der Waals surface area contributed by atoms with Crippen LogP contribution >= 0.6 is 0 Å². The molecule has 0 spiro atoms. The van der Waals surface area contributed by atoms with Crippen molar-refractivity contribution < 1.29 is 43.1 Å². The molecule has 0 aromatic heterocycles. The summed E-state index contributed by atoms with van der Waals surface area (Å²) in [5, 5.41) is 2.63. The Kier molecular flexibility index (Phi) is 26.2. The molecule has 150 valence electrons. The van der Waals surface area contributed by atoms with Gasteiger partial charge < -0.3 is 9.87 Å². The Balaban J connectivity index is 0. The number of amides is 1. The molecule has 0 aliphatic carbocycles. The van der Waals surface area contributed by atoms with Crippen molar-refractivity contribution in [3.05, 3.63) is 0 Å². The van der Waals surface area contributed by atoms with Crippen molar-refractivity contribution in [2.24, 2.45) is 0 Å². The molecule has 1 amide bonds. The Morgan fingerprint density at radius 2 is 1.15 bits per heavy atom. The molecule has 0 radical (unpaired) electrons. The first kappa shape index (κ1) is 28.8. The summed E-state index contributed by atoms with van der Waals surface area (Å²) in [5.41, 5.74) is 0. The van der Waals surface area contributed by atoms with Crippen LogP contribution in [-0.4, -0.2) is 27.0 Å². The van der Waals surface area contributed by atoms with E-state index in [0.717, 1.165) is 12.8 Å². The minimum absolute atomic E-state index is 0. The molecule has 0 saturated heterocycles. The summed E-state index contributed by atoms with van der Waals surface area (Å²) >= 11 is -2.06. The molecule has 0 bridgehead atoms. The molecule has 4 nitrogen and oxygen atoms in total. The van der Waals surface area contributed by atoms with Crippen molar-refractivity contribution in [3.63, 3.8) is 0 Å². The molecule has 1 N–H and O–H groups in total. The minimum atomic E-state index is -2.06. The van der Waals surface area contributed by atoms with Crippen molar-refractivity contribution >= 4 is 17.0 Å². The number of nitrogens with one attached hydrogen (secondary N) is 1. The zero-order valence-corrected chi connectivity index (χ0v) is 20.2. The Labute approximate surface area is 186 Å². The molecule has 0 rings (SSSR count). The molecule has 0 aliphatic rings. The summed E-state index contributed by atoms with van der Waals surface area (Å²) in [6.07, 6.45) is 20.2. The van der Waals surface area contributed by atoms with Crippen LogP contribution < -0.4 is 34.9 Å². The quantitative estimate of drug-likeness (QED) is 0.206. The smallest absolute Gasteiger partial charge is 0.772 e.